The van der Waals surface area contributed by atoms with Crippen molar-refractivity contribution in [3.8, 4) is 11.5 Å². The van der Waals surface area contributed by atoms with Crippen molar-refractivity contribution in [2.24, 2.45) is 5.73 Å². The molecule has 1 heterocycles. The first-order valence-corrected chi connectivity index (χ1v) is 7.03. The second kappa shape index (κ2) is 5.42. The highest BCUT2D eigenvalue weighted by atomic mass is 32.1. The molecule has 0 radical (unpaired) electrons. The molecule has 1 aliphatic rings. The predicted octanol–water partition coefficient (Wildman–Crippen LogP) is 3.13. The van der Waals surface area contributed by atoms with E-state index in [9.17, 15) is 17.4 Å². The van der Waals surface area contributed by atoms with Gasteiger partial charge in [0, 0.05) is 28.3 Å². The first kappa shape index (κ1) is 16.0. The summed E-state index contributed by atoms with van der Waals surface area (Å²) in [6.45, 7) is 3.52. The van der Waals surface area contributed by atoms with Crippen molar-refractivity contribution in [2.45, 2.75) is 43.8 Å². The molecular weight excluding hydrogens is 307 g/mol. The van der Waals surface area contributed by atoms with Gasteiger partial charge in [0.1, 0.15) is 5.82 Å². The molecule has 0 bridgehead atoms. The first-order valence-electron chi connectivity index (χ1n) is 6.29. The fourth-order valence-corrected chi connectivity index (χ4v) is 2.17. The average Bonchev–Trinajstić information content (AvgIpc) is 2.68. The monoisotopic (exact) mass is 322 g/mol. The van der Waals surface area contributed by atoms with Crippen LogP contribution < -0.4 is 15.2 Å². The third kappa shape index (κ3) is 3.62. The molecule has 1 aliphatic heterocycles. The summed E-state index contributed by atoms with van der Waals surface area (Å²) < 4.78 is 58.5. The topological polar surface area (TPSA) is 61.6 Å². The molecule has 2 rings (SSSR count). The molecule has 4 nitrogen and oxygen atoms in total. The fraction of sp³-hybridized carbons (Fsp3) is 0.538. The Morgan fingerprint density at radius 3 is 2.48 bits per heavy atom. The summed E-state index contributed by atoms with van der Waals surface area (Å²) >= 11 is 0.445. The molecule has 1 aromatic rings. The Morgan fingerprint density at radius 2 is 1.90 bits per heavy atom. The number of hydrogen-bond acceptors (Lipinski definition) is 4. The third-order valence-corrected chi connectivity index (χ3v) is 3.86. The van der Waals surface area contributed by atoms with Crippen LogP contribution in [-0.4, -0.2) is 11.0 Å². The van der Waals surface area contributed by atoms with Crippen molar-refractivity contribution in [3.05, 3.63) is 23.5 Å². The van der Waals surface area contributed by atoms with Crippen molar-refractivity contribution >= 4 is 11.7 Å². The van der Waals surface area contributed by atoms with E-state index in [4.69, 9.17) is 5.73 Å². The summed E-state index contributed by atoms with van der Waals surface area (Å²) in [5, 5.41) is 0. The Balaban J connectivity index is 2.16. The maximum Gasteiger partial charge on any atom is 0.586 e. The largest absolute Gasteiger partial charge is 0.586 e. The maximum atomic E-state index is 13.9. The van der Waals surface area contributed by atoms with E-state index in [1.807, 2.05) is 0 Å². The molecule has 0 aromatic heterocycles. The van der Waals surface area contributed by atoms with Gasteiger partial charge >= 0.3 is 18.0 Å². The van der Waals surface area contributed by atoms with E-state index in [1.54, 1.807) is 13.8 Å². The summed E-state index contributed by atoms with van der Waals surface area (Å²) in [6.07, 6.45) is -2.99. The zero-order valence-corrected chi connectivity index (χ0v) is 12.3. The van der Waals surface area contributed by atoms with Crippen LogP contribution in [0.15, 0.2) is 12.1 Å². The van der Waals surface area contributed by atoms with Gasteiger partial charge in [-0.15, -0.1) is 8.78 Å². The molecule has 21 heavy (non-hydrogen) atoms. The quantitative estimate of drug-likeness (QED) is 0.846. The van der Waals surface area contributed by atoms with Crippen LogP contribution in [0.5, 0.6) is 11.5 Å². The Hall–Kier alpha value is -1.41. The number of rotatable bonds is 5. The minimum atomic E-state index is -3.79. The van der Waals surface area contributed by atoms with Crippen molar-refractivity contribution in [3.63, 3.8) is 0 Å². The van der Waals surface area contributed by atoms with Gasteiger partial charge in [-0.25, -0.2) is 4.39 Å². The lowest BCUT2D eigenvalue weighted by molar-refractivity contribution is -0.286. The second-order valence-electron chi connectivity index (χ2n) is 5.48. The highest BCUT2D eigenvalue weighted by molar-refractivity contribution is 7.67. The minimum Gasteiger partial charge on any atom is -0.395 e. The first-order chi connectivity index (χ1) is 9.63. The SMILES string of the molecule is CC(C)(CC[C@H](N)c1cc2c(cc1F)OC(F)(F)O2)[S+]=O. The van der Waals surface area contributed by atoms with Gasteiger partial charge in [-0.2, -0.15) is 0 Å². The van der Waals surface area contributed by atoms with Gasteiger partial charge < -0.3 is 15.2 Å². The normalized spacial score (nSPS) is 17.6. The summed E-state index contributed by atoms with van der Waals surface area (Å²) in [6, 6.07) is 1.23. The number of benzene rings is 1. The van der Waals surface area contributed by atoms with Gasteiger partial charge in [0.15, 0.2) is 11.5 Å². The summed E-state index contributed by atoms with van der Waals surface area (Å²) in [5.41, 5.74) is 5.94. The lowest BCUT2D eigenvalue weighted by atomic mass is 9.97. The number of hydrogen-bond donors (Lipinski definition) is 1. The van der Waals surface area contributed by atoms with Crippen LogP contribution in [0.2, 0.25) is 0 Å². The number of alkyl halides is 2. The Morgan fingerprint density at radius 1 is 1.33 bits per heavy atom. The molecule has 0 unspecified atom stereocenters. The molecule has 0 saturated heterocycles. The fourth-order valence-electron chi connectivity index (χ4n) is 1.97. The van der Waals surface area contributed by atoms with Crippen LogP contribution in [-0.2, 0) is 15.9 Å². The van der Waals surface area contributed by atoms with E-state index in [2.05, 4.69) is 9.47 Å². The molecule has 2 N–H and O–H groups in total. The van der Waals surface area contributed by atoms with Gasteiger partial charge in [-0.3, -0.25) is 0 Å². The Kier molecular flexibility index (Phi) is 4.12. The second-order valence-corrected chi connectivity index (χ2v) is 6.75. The van der Waals surface area contributed by atoms with Gasteiger partial charge in [0.05, 0.1) is 0 Å². The van der Waals surface area contributed by atoms with Crippen LogP contribution in [0.3, 0.4) is 0 Å². The molecule has 116 valence electrons. The molecule has 0 amide bonds. The van der Waals surface area contributed by atoms with E-state index < -0.39 is 22.9 Å². The zero-order chi connectivity index (χ0) is 15.8. The summed E-state index contributed by atoms with van der Waals surface area (Å²) in [5.74, 6) is -1.34. The molecule has 1 atom stereocenters. The van der Waals surface area contributed by atoms with Crippen molar-refractivity contribution in [2.75, 3.05) is 0 Å². The van der Waals surface area contributed by atoms with Crippen LogP contribution in [0.25, 0.3) is 0 Å². The van der Waals surface area contributed by atoms with Crippen molar-refractivity contribution < 1.29 is 26.9 Å². The van der Waals surface area contributed by atoms with Gasteiger partial charge in [-0.05, 0) is 26.3 Å². The zero-order valence-electron chi connectivity index (χ0n) is 11.5. The molecule has 0 aliphatic carbocycles. The Bertz CT molecular complexity index is 566. The number of fused-ring (bicyclic) bond motifs is 1. The molecule has 8 heteroatoms. The summed E-state index contributed by atoms with van der Waals surface area (Å²) in [4.78, 5) is 0. The standard InChI is InChI=1S/C13H15F3NO3S/c1-12(2,21-18)4-3-9(17)7-5-10-11(6-8(7)14)20-13(15,16)19-10/h5-6,9H,3-4,17H2,1-2H3/q+1/t9-/m0/s1. The van der Waals surface area contributed by atoms with Crippen LogP contribution in [0.1, 0.15) is 38.3 Å². The van der Waals surface area contributed by atoms with Crippen LogP contribution >= 0.6 is 0 Å². The lowest BCUT2D eigenvalue weighted by Crippen LogP contribution is -2.26. The van der Waals surface area contributed by atoms with Crippen molar-refractivity contribution in [1.82, 2.24) is 0 Å². The summed E-state index contributed by atoms with van der Waals surface area (Å²) in [7, 11) is 0. The van der Waals surface area contributed by atoms with Crippen LogP contribution in [0.4, 0.5) is 13.2 Å². The number of nitrogens with two attached hydrogens (primary N) is 1. The molecule has 0 fully saturated rings. The van der Waals surface area contributed by atoms with E-state index in [1.165, 1.54) is 0 Å². The molecule has 0 spiro atoms. The predicted molar refractivity (Wildman–Crippen MR) is 70.9 cm³/mol. The Labute approximate surface area is 123 Å². The van der Waals surface area contributed by atoms with E-state index in [-0.39, 0.29) is 17.1 Å². The van der Waals surface area contributed by atoms with Gasteiger partial charge in [0.2, 0.25) is 4.75 Å². The smallest absolute Gasteiger partial charge is 0.395 e. The van der Waals surface area contributed by atoms with E-state index >= 15 is 0 Å². The average molecular weight is 322 g/mol. The lowest BCUT2D eigenvalue weighted by Gasteiger charge is -2.14. The van der Waals surface area contributed by atoms with E-state index in [0.717, 1.165) is 12.1 Å². The number of halogens is 3. The number of ether oxygens (including phenoxy) is 2. The molecule has 0 saturated carbocycles. The maximum absolute atomic E-state index is 13.9. The van der Waals surface area contributed by atoms with Gasteiger partial charge in [-0.1, -0.05) is 0 Å². The molecule has 1 aromatic carbocycles. The van der Waals surface area contributed by atoms with Gasteiger partial charge in [0.25, 0.3) is 0 Å². The van der Waals surface area contributed by atoms with Crippen LogP contribution in [0, 0.1) is 5.82 Å². The molecular formula is C13H15F3NO3S+. The minimum absolute atomic E-state index is 0.0572. The highest BCUT2D eigenvalue weighted by Crippen LogP contribution is 2.43. The van der Waals surface area contributed by atoms with Crippen molar-refractivity contribution in [1.29, 1.82) is 0 Å². The highest BCUT2D eigenvalue weighted by Gasteiger charge is 2.44. The third-order valence-electron chi connectivity index (χ3n) is 3.20. The van der Waals surface area contributed by atoms with E-state index in [0.29, 0.717) is 24.5 Å².